The van der Waals surface area contributed by atoms with E-state index in [1.807, 2.05) is 82.3 Å². The predicted molar refractivity (Wildman–Crippen MR) is 218 cm³/mol. The fourth-order valence-corrected chi connectivity index (χ4v) is 6.85. The van der Waals surface area contributed by atoms with E-state index < -0.39 is 11.7 Å². The second kappa shape index (κ2) is 17.4. The summed E-state index contributed by atoms with van der Waals surface area (Å²) in [6, 6.07) is 18.0. The summed E-state index contributed by atoms with van der Waals surface area (Å²) in [7, 11) is 3.31. The SMILES string of the molecule is CCC[C@H](C)Nc1nc(N(Cc2ccc(OC)cc2)Cc2ccc(OC)cc2)c2ncc(C(O)c3cnc(N4CCN(C(=O)OC(C)(C)C)CC4)c(C)c3)n2n1. The fraction of sp³-hybridized carbons (Fsp3) is 0.452. The Kier molecular flexibility index (Phi) is 12.5. The van der Waals surface area contributed by atoms with Crippen molar-refractivity contribution in [1.29, 1.82) is 0 Å². The quantitative estimate of drug-likeness (QED) is 0.123. The molecule has 1 fully saturated rings. The summed E-state index contributed by atoms with van der Waals surface area (Å²) in [6.45, 7) is 15.2. The number of rotatable bonds is 14. The van der Waals surface area contributed by atoms with Crippen LogP contribution in [0.1, 0.15) is 81.5 Å². The molecule has 6 rings (SSSR count). The van der Waals surface area contributed by atoms with Crippen LogP contribution in [-0.2, 0) is 17.8 Å². The largest absolute Gasteiger partial charge is 0.497 e. The van der Waals surface area contributed by atoms with E-state index in [-0.39, 0.29) is 12.1 Å². The monoisotopic (exact) mass is 765 g/mol. The third-order valence-electron chi connectivity index (χ3n) is 9.73. The predicted octanol–water partition coefficient (Wildman–Crippen LogP) is 6.79. The van der Waals surface area contributed by atoms with E-state index in [2.05, 4.69) is 29.0 Å². The number of carbonyl (C=O) groups excluding carboxylic acids is 1. The van der Waals surface area contributed by atoms with Gasteiger partial charge in [-0.05, 0) is 88.1 Å². The Hall–Kier alpha value is -5.63. The molecule has 1 unspecified atom stereocenters. The molecule has 14 heteroatoms. The smallest absolute Gasteiger partial charge is 0.410 e. The lowest BCUT2D eigenvalue weighted by atomic mass is 10.1. The molecule has 2 atom stereocenters. The first kappa shape index (κ1) is 40.0. The van der Waals surface area contributed by atoms with E-state index in [0.717, 1.165) is 46.8 Å². The number of ether oxygens (including phenoxy) is 3. The Bertz CT molecular complexity index is 2020. The molecule has 0 spiro atoms. The van der Waals surface area contributed by atoms with E-state index in [0.29, 0.717) is 67.9 Å². The zero-order chi connectivity index (χ0) is 40.0. The molecule has 1 amide bonds. The van der Waals surface area contributed by atoms with Gasteiger partial charge in [-0.15, -0.1) is 5.10 Å². The number of aromatic nitrogens is 5. The van der Waals surface area contributed by atoms with Crippen molar-refractivity contribution in [3.05, 3.63) is 94.9 Å². The number of fused-ring (bicyclic) bond motifs is 1. The zero-order valence-corrected chi connectivity index (χ0v) is 33.8. The molecule has 0 aliphatic carbocycles. The van der Waals surface area contributed by atoms with Crippen molar-refractivity contribution in [1.82, 2.24) is 29.5 Å². The van der Waals surface area contributed by atoms with E-state index >= 15 is 0 Å². The number of hydrogen-bond donors (Lipinski definition) is 2. The van der Waals surface area contributed by atoms with Crippen LogP contribution in [0.3, 0.4) is 0 Å². The van der Waals surface area contributed by atoms with E-state index in [4.69, 9.17) is 34.3 Å². The normalized spacial score (nSPS) is 14.4. The number of piperazine rings is 1. The Labute approximate surface area is 329 Å². The molecular formula is C42H55N9O5. The lowest BCUT2D eigenvalue weighted by Gasteiger charge is -2.36. The number of amides is 1. The summed E-state index contributed by atoms with van der Waals surface area (Å²) >= 11 is 0. The standard InChI is InChI=1S/C42H55N9O5/c1-9-10-29(3)45-40-46-39(50(26-30-11-15-33(54-7)16-12-30)27-31-13-17-34(55-8)18-14-31)38-44-25-35(51(38)47-40)36(52)32-23-28(2)37(43-24-32)48-19-21-49(22-20-48)41(53)56-42(4,5)6/h11-18,23-25,29,36,52H,9-10,19-22,26-27H2,1-8H3,(H,45,47)/t29-,36?/m0/s1. The Morgan fingerprint density at radius 1 is 0.929 bits per heavy atom. The number of anilines is 3. The van der Waals surface area contributed by atoms with Crippen LogP contribution >= 0.6 is 0 Å². The molecule has 298 valence electrons. The minimum absolute atomic E-state index is 0.115. The second-order valence-corrected chi connectivity index (χ2v) is 15.3. The lowest BCUT2D eigenvalue weighted by molar-refractivity contribution is 0.0240. The average Bonchev–Trinajstić information content (AvgIpc) is 3.61. The number of nitrogens with one attached hydrogen (secondary N) is 1. The molecular weight excluding hydrogens is 711 g/mol. The van der Waals surface area contributed by atoms with Crippen molar-refractivity contribution in [2.75, 3.05) is 55.5 Å². The average molecular weight is 766 g/mol. The number of aliphatic hydroxyl groups excluding tert-OH is 1. The van der Waals surface area contributed by atoms with Crippen LogP contribution in [0.25, 0.3) is 5.65 Å². The van der Waals surface area contributed by atoms with E-state index in [9.17, 15) is 9.90 Å². The first-order valence-corrected chi connectivity index (χ1v) is 19.3. The van der Waals surface area contributed by atoms with Gasteiger partial charge in [-0.3, -0.25) is 0 Å². The van der Waals surface area contributed by atoms with Gasteiger partial charge in [0.2, 0.25) is 5.95 Å². The topological polar surface area (TPSA) is 143 Å². The number of carbonyl (C=O) groups is 1. The van der Waals surface area contributed by atoms with Gasteiger partial charge in [0.05, 0.1) is 26.1 Å². The third-order valence-corrected chi connectivity index (χ3v) is 9.73. The van der Waals surface area contributed by atoms with Crippen molar-refractivity contribution in [3.8, 4) is 11.5 Å². The molecule has 2 N–H and O–H groups in total. The van der Waals surface area contributed by atoms with Gasteiger partial charge in [-0.1, -0.05) is 37.6 Å². The first-order valence-electron chi connectivity index (χ1n) is 19.3. The van der Waals surface area contributed by atoms with Crippen LogP contribution in [0, 0.1) is 6.92 Å². The Balaban J connectivity index is 1.32. The van der Waals surface area contributed by atoms with Crippen molar-refractivity contribution < 1.29 is 24.1 Å². The molecule has 0 saturated carbocycles. The third kappa shape index (κ3) is 9.59. The van der Waals surface area contributed by atoms with E-state index in [1.165, 1.54) is 0 Å². The number of imidazole rings is 1. The van der Waals surface area contributed by atoms with Gasteiger partial charge in [0, 0.05) is 57.1 Å². The summed E-state index contributed by atoms with van der Waals surface area (Å²) in [5.74, 6) is 3.43. The molecule has 0 radical (unpaired) electrons. The minimum atomic E-state index is -1.07. The van der Waals surface area contributed by atoms with Crippen molar-refractivity contribution in [3.63, 3.8) is 0 Å². The number of methoxy groups -OCH3 is 2. The maximum Gasteiger partial charge on any atom is 0.410 e. The molecule has 56 heavy (non-hydrogen) atoms. The van der Waals surface area contributed by atoms with E-state index in [1.54, 1.807) is 36.0 Å². The van der Waals surface area contributed by atoms with Crippen LogP contribution in [0.4, 0.5) is 22.4 Å². The van der Waals surface area contributed by atoms with Crippen molar-refractivity contribution in [2.45, 2.75) is 85.2 Å². The highest BCUT2D eigenvalue weighted by atomic mass is 16.6. The molecule has 3 aromatic heterocycles. The summed E-state index contributed by atoms with van der Waals surface area (Å²) in [5.41, 5.74) is 4.11. The van der Waals surface area contributed by atoms with Gasteiger partial charge in [-0.2, -0.15) is 4.98 Å². The van der Waals surface area contributed by atoms with Gasteiger partial charge >= 0.3 is 6.09 Å². The van der Waals surface area contributed by atoms with Crippen LogP contribution in [0.5, 0.6) is 11.5 Å². The maximum absolute atomic E-state index is 12.6. The molecule has 4 heterocycles. The fourth-order valence-electron chi connectivity index (χ4n) is 6.85. The number of pyridine rings is 1. The van der Waals surface area contributed by atoms with Gasteiger partial charge < -0.3 is 39.3 Å². The van der Waals surface area contributed by atoms with Gasteiger partial charge in [0.1, 0.15) is 29.0 Å². The minimum Gasteiger partial charge on any atom is -0.497 e. The first-order chi connectivity index (χ1) is 26.8. The Morgan fingerprint density at radius 3 is 2.07 bits per heavy atom. The molecule has 1 aliphatic heterocycles. The van der Waals surface area contributed by atoms with Crippen LogP contribution < -0.4 is 24.6 Å². The number of aryl methyl sites for hydroxylation is 1. The summed E-state index contributed by atoms with van der Waals surface area (Å²) in [5, 5.41) is 20.4. The molecule has 14 nitrogen and oxygen atoms in total. The second-order valence-electron chi connectivity index (χ2n) is 15.3. The zero-order valence-electron chi connectivity index (χ0n) is 33.8. The molecule has 2 aromatic carbocycles. The molecule has 5 aromatic rings. The number of hydrogen-bond acceptors (Lipinski definition) is 12. The maximum atomic E-state index is 12.6. The summed E-state index contributed by atoms with van der Waals surface area (Å²) in [6.07, 6.45) is 3.93. The van der Waals surface area contributed by atoms with Crippen molar-refractivity contribution in [2.24, 2.45) is 0 Å². The van der Waals surface area contributed by atoms with Crippen LogP contribution in [0.15, 0.2) is 67.0 Å². The molecule has 1 saturated heterocycles. The van der Waals surface area contributed by atoms with Crippen LogP contribution in [0.2, 0.25) is 0 Å². The highest BCUT2D eigenvalue weighted by Gasteiger charge is 2.28. The molecule has 0 bridgehead atoms. The highest BCUT2D eigenvalue weighted by molar-refractivity contribution is 5.69. The van der Waals surface area contributed by atoms with Gasteiger partial charge in [0.15, 0.2) is 11.5 Å². The molecule has 1 aliphatic rings. The summed E-state index contributed by atoms with van der Waals surface area (Å²) < 4.78 is 18.1. The van der Waals surface area contributed by atoms with Crippen molar-refractivity contribution >= 4 is 29.3 Å². The van der Waals surface area contributed by atoms with Crippen LogP contribution in [-0.4, -0.2) is 92.7 Å². The Morgan fingerprint density at radius 2 is 1.54 bits per heavy atom. The number of aliphatic hydroxyl groups is 1. The number of nitrogens with zero attached hydrogens (tertiary/aromatic N) is 8. The number of benzene rings is 2. The lowest BCUT2D eigenvalue weighted by Crippen LogP contribution is -2.50. The summed E-state index contributed by atoms with van der Waals surface area (Å²) in [4.78, 5) is 33.4. The highest BCUT2D eigenvalue weighted by Crippen LogP contribution is 2.31. The van der Waals surface area contributed by atoms with Gasteiger partial charge in [0.25, 0.3) is 0 Å². The van der Waals surface area contributed by atoms with Gasteiger partial charge in [-0.25, -0.2) is 19.3 Å².